The molecule has 4 rings (SSSR count). The Morgan fingerprint density at radius 1 is 1.29 bits per heavy atom. The van der Waals surface area contributed by atoms with E-state index >= 15 is 0 Å². The molecule has 162 valence electrons. The molecule has 0 aliphatic carbocycles. The van der Waals surface area contributed by atoms with Gasteiger partial charge in [0.05, 0.1) is 12.3 Å². The van der Waals surface area contributed by atoms with Crippen molar-refractivity contribution in [2.24, 2.45) is 0 Å². The van der Waals surface area contributed by atoms with Crippen LogP contribution < -0.4 is 10.2 Å². The summed E-state index contributed by atoms with van der Waals surface area (Å²) >= 11 is 5.89. The molecule has 2 N–H and O–H groups in total. The van der Waals surface area contributed by atoms with Gasteiger partial charge in [-0.05, 0) is 38.1 Å². The Balaban J connectivity index is 1.54. The van der Waals surface area contributed by atoms with Gasteiger partial charge in [0.25, 0.3) is 0 Å². The molecule has 3 atom stereocenters. The van der Waals surface area contributed by atoms with Gasteiger partial charge >= 0.3 is 6.09 Å². The summed E-state index contributed by atoms with van der Waals surface area (Å²) in [5, 5.41) is 17.3. The van der Waals surface area contributed by atoms with Gasteiger partial charge < -0.3 is 19.7 Å². The molecule has 12 heteroatoms. The number of anilines is 2. The molecule has 1 unspecified atom stereocenters. The van der Waals surface area contributed by atoms with Crippen molar-refractivity contribution in [1.82, 2.24) is 20.1 Å². The van der Waals surface area contributed by atoms with Crippen LogP contribution in [0.25, 0.3) is 11.4 Å². The highest BCUT2D eigenvalue weighted by Crippen LogP contribution is 2.27. The molecule has 0 saturated carbocycles. The summed E-state index contributed by atoms with van der Waals surface area (Å²) in [6.45, 7) is 3.14. The van der Waals surface area contributed by atoms with Gasteiger partial charge in [0, 0.05) is 10.6 Å². The van der Waals surface area contributed by atoms with Gasteiger partial charge in [0.2, 0.25) is 17.7 Å². The summed E-state index contributed by atoms with van der Waals surface area (Å²) < 4.78 is 24.6. The maximum atomic E-state index is 14.4. The van der Waals surface area contributed by atoms with Crippen molar-refractivity contribution >= 4 is 29.5 Å². The lowest BCUT2D eigenvalue weighted by molar-refractivity contribution is 0.142. The van der Waals surface area contributed by atoms with E-state index in [-0.39, 0.29) is 24.3 Å². The fourth-order valence-corrected chi connectivity index (χ4v) is 3.14. The van der Waals surface area contributed by atoms with Gasteiger partial charge in [-0.1, -0.05) is 16.8 Å². The van der Waals surface area contributed by atoms with Gasteiger partial charge in [-0.2, -0.15) is 9.97 Å². The first-order valence-electron chi connectivity index (χ1n) is 9.36. The van der Waals surface area contributed by atoms with Crippen molar-refractivity contribution < 1.29 is 23.6 Å². The quantitative estimate of drug-likeness (QED) is 0.584. The third-order valence-electron chi connectivity index (χ3n) is 4.68. The Labute approximate surface area is 181 Å². The highest BCUT2D eigenvalue weighted by atomic mass is 35.5. The first kappa shape index (κ1) is 20.9. The zero-order valence-electron chi connectivity index (χ0n) is 16.5. The molecule has 31 heavy (non-hydrogen) atoms. The van der Waals surface area contributed by atoms with Crippen LogP contribution in [0.15, 0.2) is 35.0 Å². The van der Waals surface area contributed by atoms with E-state index in [0.717, 1.165) is 16.7 Å². The number of halogens is 2. The van der Waals surface area contributed by atoms with E-state index in [1.807, 2.05) is 0 Å². The minimum absolute atomic E-state index is 0.0270. The lowest BCUT2D eigenvalue weighted by atomic mass is 10.2. The van der Waals surface area contributed by atoms with Gasteiger partial charge in [-0.3, -0.25) is 0 Å². The number of carbonyl (C=O) groups is 1. The van der Waals surface area contributed by atoms with Crippen LogP contribution in [-0.4, -0.2) is 50.1 Å². The number of amides is 1. The lowest BCUT2D eigenvalue weighted by Gasteiger charge is -2.23. The standard InChI is InChI=1S/C19H18ClFN6O4/c1-9(17-24-15(26-31-17)11-3-5-12(20)6-4-11)23-18-22-7-13(21)16(25-18)27-14(10(2)28)8-30-19(27)29/h3-7,9-10,14,28H,8H2,1-2H3,(H,22,23,25)/t9-,10+,14?/m0/s1. The second-order valence-corrected chi connectivity index (χ2v) is 7.39. The van der Waals surface area contributed by atoms with E-state index in [9.17, 15) is 14.3 Å². The largest absolute Gasteiger partial charge is 0.447 e. The van der Waals surface area contributed by atoms with Crippen molar-refractivity contribution in [3.05, 3.63) is 47.2 Å². The number of hydrogen-bond acceptors (Lipinski definition) is 9. The SMILES string of the molecule is C[C@H](Nc1ncc(F)c(N2C(=O)OCC2[C@@H](C)O)n1)c1nc(-c2ccc(Cl)cc2)no1. The zero-order chi connectivity index (χ0) is 22.1. The third kappa shape index (κ3) is 4.28. The number of cyclic esters (lactones) is 1. The number of nitrogens with one attached hydrogen (secondary N) is 1. The minimum Gasteiger partial charge on any atom is -0.447 e. The molecule has 0 spiro atoms. The van der Waals surface area contributed by atoms with Crippen molar-refractivity contribution in [3.8, 4) is 11.4 Å². The normalized spacial score (nSPS) is 18.0. The third-order valence-corrected chi connectivity index (χ3v) is 4.93. The number of aromatic nitrogens is 4. The topological polar surface area (TPSA) is 127 Å². The van der Waals surface area contributed by atoms with Gasteiger partial charge in [-0.15, -0.1) is 0 Å². The number of aliphatic hydroxyl groups is 1. The zero-order valence-corrected chi connectivity index (χ0v) is 17.2. The van der Waals surface area contributed by atoms with Gasteiger partial charge in [0.15, 0.2) is 11.6 Å². The fourth-order valence-electron chi connectivity index (χ4n) is 3.01. The second-order valence-electron chi connectivity index (χ2n) is 6.95. The summed E-state index contributed by atoms with van der Waals surface area (Å²) in [5.41, 5.74) is 0.726. The van der Waals surface area contributed by atoms with E-state index in [0.29, 0.717) is 10.8 Å². The fraction of sp³-hybridized carbons (Fsp3) is 0.316. The van der Waals surface area contributed by atoms with Crippen LogP contribution in [0.5, 0.6) is 0 Å². The molecule has 0 radical (unpaired) electrons. The molecule has 2 aromatic heterocycles. The number of aliphatic hydroxyl groups excluding tert-OH is 1. The monoisotopic (exact) mass is 448 g/mol. The lowest BCUT2D eigenvalue weighted by Crippen LogP contribution is -2.42. The molecule has 1 aromatic carbocycles. The number of benzene rings is 1. The van der Waals surface area contributed by atoms with Crippen LogP contribution in [0.4, 0.5) is 21.0 Å². The Hall–Kier alpha value is -3.31. The summed E-state index contributed by atoms with van der Waals surface area (Å²) in [7, 11) is 0. The van der Waals surface area contributed by atoms with Crippen molar-refractivity contribution in [2.75, 3.05) is 16.8 Å². The Kier molecular flexibility index (Phi) is 5.70. The predicted octanol–water partition coefficient (Wildman–Crippen LogP) is 3.20. The first-order chi connectivity index (χ1) is 14.8. The molecule has 1 amide bonds. The molecule has 1 aliphatic rings. The van der Waals surface area contributed by atoms with Gasteiger partial charge in [0.1, 0.15) is 18.7 Å². The molecule has 3 heterocycles. The average molecular weight is 449 g/mol. The molecule has 1 saturated heterocycles. The van der Waals surface area contributed by atoms with Crippen molar-refractivity contribution in [2.45, 2.75) is 32.0 Å². The van der Waals surface area contributed by atoms with E-state index in [4.69, 9.17) is 20.9 Å². The number of hydrogen-bond donors (Lipinski definition) is 2. The summed E-state index contributed by atoms with van der Waals surface area (Å²) in [6, 6.07) is 5.67. The van der Waals surface area contributed by atoms with E-state index in [1.165, 1.54) is 6.92 Å². The van der Waals surface area contributed by atoms with Crippen LogP contribution in [-0.2, 0) is 4.74 Å². The Morgan fingerprint density at radius 3 is 2.74 bits per heavy atom. The second kappa shape index (κ2) is 8.44. The molecule has 10 nitrogen and oxygen atoms in total. The van der Waals surface area contributed by atoms with E-state index < -0.39 is 30.1 Å². The summed E-state index contributed by atoms with van der Waals surface area (Å²) in [4.78, 5) is 25.4. The Bertz CT molecular complexity index is 1090. The molecule has 0 bridgehead atoms. The average Bonchev–Trinajstić information content (AvgIpc) is 3.37. The molecule has 1 aliphatic heterocycles. The maximum absolute atomic E-state index is 14.4. The number of carbonyl (C=O) groups excluding carboxylic acids is 1. The smallest absolute Gasteiger partial charge is 0.416 e. The highest BCUT2D eigenvalue weighted by molar-refractivity contribution is 6.30. The molecular weight excluding hydrogens is 431 g/mol. The number of ether oxygens (including phenoxy) is 1. The molecular formula is C19H18ClFN6O4. The molecule has 1 fully saturated rings. The van der Waals surface area contributed by atoms with E-state index in [2.05, 4.69) is 25.4 Å². The van der Waals surface area contributed by atoms with Crippen molar-refractivity contribution in [1.29, 1.82) is 0 Å². The Morgan fingerprint density at radius 2 is 2.03 bits per heavy atom. The van der Waals surface area contributed by atoms with Crippen LogP contribution in [0.2, 0.25) is 5.02 Å². The van der Waals surface area contributed by atoms with Crippen LogP contribution in [0, 0.1) is 5.82 Å². The number of nitrogens with zero attached hydrogens (tertiary/aromatic N) is 5. The van der Waals surface area contributed by atoms with Crippen LogP contribution in [0.3, 0.4) is 0 Å². The van der Waals surface area contributed by atoms with Crippen molar-refractivity contribution in [3.63, 3.8) is 0 Å². The van der Waals surface area contributed by atoms with Gasteiger partial charge in [-0.25, -0.2) is 19.1 Å². The van der Waals surface area contributed by atoms with Crippen LogP contribution in [0.1, 0.15) is 25.8 Å². The van der Waals surface area contributed by atoms with E-state index in [1.54, 1.807) is 31.2 Å². The highest BCUT2D eigenvalue weighted by Gasteiger charge is 2.39. The first-order valence-corrected chi connectivity index (χ1v) is 9.74. The summed E-state index contributed by atoms with van der Waals surface area (Å²) in [6.07, 6.45) is -0.817. The predicted molar refractivity (Wildman–Crippen MR) is 108 cm³/mol. The molecule has 3 aromatic rings. The maximum Gasteiger partial charge on any atom is 0.416 e. The summed E-state index contributed by atoms with van der Waals surface area (Å²) in [5.74, 6) is -0.474. The minimum atomic E-state index is -0.944. The van der Waals surface area contributed by atoms with Crippen LogP contribution >= 0.6 is 11.6 Å². The number of rotatable bonds is 6.